The fourth-order valence-electron chi connectivity index (χ4n) is 9.99. The van der Waals surface area contributed by atoms with Gasteiger partial charge in [0, 0.05) is 25.7 Å². The fourth-order valence-corrected chi connectivity index (χ4v) is 9.99. The van der Waals surface area contributed by atoms with Gasteiger partial charge in [-0.05, 0) is 107 Å². The summed E-state index contributed by atoms with van der Waals surface area (Å²) in [4.78, 5) is 24.2. The van der Waals surface area contributed by atoms with Gasteiger partial charge in [0.25, 0.3) is 0 Å². The molecule has 11 atom stereocenters. The van der Waals surface area contributed by atoms with E-state index in [0.717, 1.165) is 25.7 Å². The van der Waals surface area contributed by atoms with E-state index >= 15 is 0 Å². The third kappa shape index (κ3) is 5.40. The van der Waals surface area contributed by atoms with Crippen molar-refractivity contribution in [2.75, 3.05) is 6.61 Å². The van der Waals surface area contributed by atoms with E-state index in [1.807, 2.05) is 0 Å². The molecule has 4 aliphatic carbocycles. The molecule has 0 heterocycles. The zero-order chi connectivity index (χ0) is 29.0. The Balaban J connectivity index is 1.64. The van der Waals surface area contributed by atoms with E-state index in [0.29, 0.717) is 43.9 Å². The van der Waals surface area contributed by atoms with Crippen molar-refractivity contribution in [2.45, 2.75) is 135 Å². The van der Waals surface area contributed by atoms with Crippen molar-refractivity contribution in [3.8, 4) is 0 Å². The molecule has 4 N–H and O–H groups in total. The minimum absolute atomic E-state index is 0.0191. The van der Waals surface area contributed by atoms with Gasteiger partial charge in [0.1, 0.15) is 17.8 Å². The molecular formula is C31H52O8. The van der Waals surface area contributed by atoms with Gasteiger partial charge >= 0.3 is 11.9 Å². The molecule has 0 aromatic heterocycles. The van der Waals surface area contributed by atoms with Crippen LogP contribution in [0.15, 0.2) is 0 Å². The van der Waals surface area contributed by atoms with Crippen LogP contribution in [0, 0.1) is 40.4 Å². The second kappa shape index (κ2) is 10.9. The van der Waals surface area contributed by atoms with Crippen LogP contribution >= 0.6 is 0 Å². The molecule has 4 saturated carbocycles. The molecule has 0 bridgehead atoms. The molecule has 0 aromatic rings. The van der Waals surface area contributed by atoms with Gasteiger partial charge in [0.05, 0.1) is 18.3 Å². The van der Waals surface area contributed by atoms with E-state index in [9.17, 15) is 30.0 Å². The number of carbonyl (C=O) groups excluding carboxylic acids is 2. The smallest absolute Gasteiger partial charge is 0.303 e. The van der Waals surface area contributed by atoms with E-state index in [4.69, 9.17) is 9.47 Å². The molecule has 0 radical (unpaired) electrons. The van der Waals surface area contributed by atoms with Crippen LogP contribution in [0.1, 0.15) is 106 Å². The van der Waals surface area contributed by atoms with Crippen LogP contribution in [0.2, 0.25) is 0 Å². The summed E-state index contributed by atoms with van der Waals surface area (Å²) in [6.07, 6.45) is 4.89. The van der Waals surface area contributed by atoms with Gasteiger partial charge in [-0.3, -0.25) is 9.59 Å². The van der Waals surface area contributed by atoms with Crippen molar-refractivity contribution in [3.05, 3.63) is 0 Å². The number of aliphatic hydroxyl groups is 4. The van der Waals surface area contributed by atoms with Gasteiger partial charge in [-0.2, -0.15) is 0 Å². The lowest BCUT2D eigenvalue weighted by Gasteiger charge is -2.66. The molecule has 224 valence electrons. The molecule has 8 nitrogen and oxygen atoms in total. The van der Waals surface area contributed by atoms with Gasteiger partial charge < -0.3 is 29.9 Å². The SMILES string of the molecule is CC(=O)O[C@@H](CCC(C)(C)O)[C@@H](C)[C@H]1CC[C@H]2[C@@H]3C[C@@H](OC(C)=O)[C@@]4(O)C[C@H](O)CC[C@]4(CO)[C@H]3CC[C@]12C. The monoisotopic (exact) mass is 552 g/mol. The minimum Gasteiger partial charge on any atom is -0.462 e. The summed E-state index contributed by atoms with van der Waals surface area (Å²) < 4.78 is 11.6. The lowest BCUT2D eigenvalue weighted by Crippen LogP contribution is -2.71. The van der Waals surface area contributed by atoms with Crippen LogP contribution in [0.4, 0.5) is 0 Å². The highest BCUT2D eigenvalue weighted by molar-refractivity contribution is 5.66. The van der Waals surface area contributed by atoms with Crippen LogP contribution in [-0.2, 0) is 19.1 Å². The topological polar surface area (TPSA) is 134 Å². The largest absolute Gasteiger partial charge is 0.462 e. The number of hydrogen-bond acceptors (Lipinski definition) is 8. The van der Waals surface area contributed by atoms with Crippen molar-refractivity contribution >= 4 is 11.9 Å². The molecule has 4 fully saturated rings. The average Bonchev–Trinajstić information content (AvgIpc) is 3.18. The first-order valence-corrected chi connectivity index (χ1v) is 15.2. The summed E-state index contributed by atoms with van der Waals surface area (Å²) in [5, 5.41) is 43.9. The molecule has 0 spiro atoms. The van der Waals surface area contributed by atoms with Crippen LogP contribution < -0.4 is 0 Å². The summed E-state index contributed by atoms with van der Waals surface area (Å²) >= 11 is 0. The Morgan fingerprint density at radius 3 is 2.33 bits per heavy atom. The Kier molecular flexibility index (Phi) is 8.57. The van der Waals surface area contributed by atoms with Crippen LogP contribution in [0.25, 0.3) is 0 Å². The van der Waals surface area contributed by atoms with Crippen molar-refractivity contribution < 1.29 is 39.5 Å². The fraction of sp³-hybridized carbons (Fsp3) is 0.935. The second-order valence-electron chi connectivity index (χ2n) is 14.4. The first kappa shape index (κ1) is 30.7. The summed E-state index contributed by atoms with van der Waals surface area (Å²) in [7, 11) is 0. The minimum atomic E-state index is -1.46. The third-order valence-corrected chi connectivity index (χ3v) is 11.7. The first-order valence-electron chi connectivity index (χ1n) is 15.2. The maximum absolute atomic E-state index is 12.2. The van der Waals surface area contributed by atoms with Crippen LogP contribution in [0.5, 0.6) is 0 Å². The van der Waals surface area contributed by atoms with Gasteiger partial charge in [0.15, 0.2) is 0 Å². The molecule has 8 heteroatoms. The third-order valence-electron chi connectivity index (χ3n) is 11.7. The Morgan fingerprint density at radius 1 is 1.05 bits per heavy atom. The van der Waals surface area contributed by atoms with Crippen molar-refractivity contribution in [2.24, 2.45) is 40.4 Å². The van der Waals surface area contributed by atoms with E-state index in [1.54, 1.807) is 13.8 Å². The highest BCUT2D eigenvalue weighted by Gasteiger charge is 2.70. The molecule has 0 aliphatic heterocycles. The zero-order valence-electron chi connectivity index (χ0n) is 24.8. The second-order valence-corrected chi connectivity index (χ2v) is 14.4. The number of aliphatic hydroxyl groups excluding tert-OH is 2. The molecular weight excluding hydrogens is 500 g/mol. The lowest BCUT2D eigenvalue weighted by molar-refractivity contribution is -0.284. The van der Waals surface area contributed by atoms with Gasteiger partial charge in [-0.15, -0.1) is 0 Å². The van der Waals surface area contributed by atoms with Gasteiger partial charge in [-0.25, -0.2) is 0 Å². The molecule has 0 aromatic carbocycles. The number of ether oxygens (including phenoxy) is 2. The van der Waals surface area contributed by atoms with Crippen LogP contribution in [0.3, 0.4) is 0 Å². The van der Waals surface area contributed by atoms with E-state index in [-0.39, 0.29) is 48.3 Å². The molecule has 4 rings (SSSR count). The quantitative estimate of drug-likeness (QED) is 0.335. The van der Waals surface area contributed by atoms with Crippen molar-refractivity contribution in [3.63, 3.8) is 0 Å². The number of fused-ring (bicyclic) bond motifs is 5. The Hall–Kier alpha value is -1.22. The highest BCUT2D eigenvalue weighted by atomic mass is 16.6. The average molecular weight is 553 g/mol. The predicted molar refractivity (Wildman–Crippen MR) is 145 cm³/mol. The van der Waals surface area contributed by atoms with Gasteiger partial charge in [-0.1, -0.05) is 13.8 Å². The Morgan fingerprint density at radius 2 is 1.74 bits per heavy atom. The molecule has 4 aliphatic rings. The lowest BCUT2D eigenvalue weighted by atomic mass is 9.42. The van der Waals surface area contributed by atoms with E-state index in [1.165, 1.54) is 13.8 Å². The number of esters is 2. The molecule has 0 saturated heterocycles. The first-order chi connectivity index (χ1) is 18.1. The highest BCUT2D eigenvalue weighted by Crippen LogP contribution is 2.69. The maximum Gasteiger partial charge on any atom is 0.303 e. The standard InChI is InChI=1S/C31H52O8/c1-18(26(38-19(2)33)11-12-28(4,5)36)23-7-8-24-22-15-27(39-20(3)34)31(37)16-21(35)9-14-30(31,17-32)25(22)10-13-29(23,24)6/h18,21-27,32,35-37H,7-17H2,1-6H3/t18-,21+,22-,23+,24-,25-,26-,27+,29+,30-,31-/m0/s1. The Labute approximate surface area is 233 Å². The van der Waals surface area contributed by atoms with Crippen LogP contribution in [-0.4, -0.2) is 68.5 Å². The molecule has 39 heavy (non-hydrogen) atoms. The normalized spacial score (nSPS) is 43.4. The zero-order valence-corrected chi connectivity index (χ0v) is 24.8. The van der Waals surface area contributed by atoms with Gasteiger partial charge in [0.2, 0.25) is 0 Å². The molecule has 0 amide bonds. The summed E-state index contributed by atoms with van der Waals surface area (Å²) in [5.41, 5.74) is -3.13. The van der Waals surface area contributed by atoms with E-state index < -0.39 is 34.8 Å². The van der Waals surface area contributed by atoms with E-state index in [2.05, 4.69) is 13.8 Å². The Bertz CT molecular complexity index is 915. The number of rotatable bonds is 8. The molecule has 0 unspecified atom stereocenters. The number of carbonyl (C=O) groups is 2. The van der Waals surface area contributed by atoms with Crippen molar-refractivity contribution in [1.29, 1.82) is 0 Å². The summed E-state index contributed by atoms with van der Waals surface area (Å²) in [5.74, 6) is 0.270. The summed E-state index contributed by atoms with van der Waals surface area (Å²) in [6, 6.07) is 0. The predicted octanol–water partition coefficient (Wildman–Crippen LogP) is 3.75. The number of hydrogen-bond donors (Lipinski definition) is 4. The van der Waals surface area contributed by atoms with Crippen molar-refractivity contribution in [1.82, 2.24) is 0 Å². The maximum atomic E-state index is 12.2. The summed E-state index contributed by atoms with van der Waals surface area (Å²) in [6.45, 7) is 10.7.